The van der Waals surface area contributed by atoms with Crippen LogP contribution in [0.3, 0.4) is 0 Å². The van der Waals surface area contributed by atoms with Crippen molar-refractivity contribution in [3.8, 4) is 0 Å². The monoisotopic (exact) mass is 189 g/mol. The normalized spacial score (nSPS) is 36.0. The van der Waals surface area contributed by atoms with Gasteiger partial charge in [0.05, 0.1) is 18.8 Å². The van der Waals surface area contributed by atoms with Gasteiger partial charge < -0.3 is 4.74 Å². The van der Waals surface area contributed by atoms with Crippen molar-refractivity contribution < 1.29 is 9.13 Å². The molecule has 1 saturated heterocycles. The highest BCUT2D eigenvalue weighted by molar-refractivity contribution is 4.95. The summed E-state index contributed by atoms with van der Waals surface area (Å²) >= 11 is 0. The molecule has 0 aromatic heterocycles. The summed E-state index contributed by atoms with van der Waals surface area (Å²) in [5, 5.41) is 0. The second kappa shape index (κ2) is 3.93. The van der Waals surface area contributed by atoms with Crippen LogP contribution in [-0.4, -0.2) is 42.9 Å². The van der Waals surface area contributed by atoms with Crippen LogP contribution >= 0.6 is 0 Å². The third-order valence-corrected chi connectivity index (χ3v) is 2.77. The van der Waals surface area contributed by atoms with Crippen molar-refractivity contribution in [2.75, 3.05) is 20.2 Å². The van der Waals surface area contributed by atoms with Gasteiger partial charge in [0.15, 0.2) is 0 Å². The van der Waals surface area contributed by atoms with Gasteiger partial charge in [0, 0.05) is 6.54 Å². The largest absolute Gasteiger partial charge is 0.377 e. The fraction of sp³-hybridized carbons (Fsp3) is 1.00. The first-order valence-electron chi connectivity index (χ1n) is 4.94. The summed E-state index contributed by atoms with van der Waals surface area (Å²) in [5.74, 6) is 0. The molecule has 0 saturated carbocycles. The van der Waals surface area contributed by atoms with Crippen LogP contribution in [0.25, 0.3) is 0 Å². The maximum Gasteiger partial charge on any atom is 0.127 e. The first kappa shape index (κ1) is 10.9. The Hall–Kier alpha value is -0.150. The molecule has 0 aromatic carbocycles. The summed E-state index contributed by atoms with van der Waals surface area (Å²) in [5.41, 5.74) is -1.08. The lowest BCUT2D eigenvalue weighted by Gasteiger charge is -2.27. The van der Waals surface area contributed by atoms with Crippen LogP contribution < -0.4 is 0 Å². The third-order valence-electron chi connectivity index (χ3n) is 2.77. The van der Waals surface area contributed by atoms with Gasteiger partial charge in [0.1, 0.15) is 5.67 Å². The van der Waals surface area contributed by atoms with E-state index in [0.717, 1.165) is 6.54 Å². The predicted molar refractivity (Wildman–Crippen MR) is 51.6 cm³/mol. The Morgan fingerprint density at radius 3 is 2.62 bits per heavy atom. The maximum absolute atomic E-state index is 13.9. The van der Waals surface area contributed by atoms with Gasteiger partial charge in [-0.1, -0.05) is 0 Å². The lowest BCUT2D eigenvalue weighted by Crippen LogP contribution is -2.42. The molecular formula is C10H20FNO. The zero-order valence-electron chi connectivity index (χ0n) is 9.01. The highest BCUT2D eigenvalue weighted by atomic mass is 19.1. The van der Waals surface area contributed by atoms with Crippen LogP contribution in [0.15, 0.2) is 0 Å². The van der Waals surface area contributed by atoms with E-state index in [4.69, 9.17) is 4.74 Å². The number of hydrogen-bond donors (Lipinski definition) is 0. The Morgan fingerprint density at radius 2 is 2.23 bits per heavy atom. The average molecular weight is 189 g/mol. The van der Waals surface area contributed by atoms with E-state index < -0.39 is 5.67 Å². The topological polar surface area (TPSA) is 12.5 Å². The van der Waals surface area contributed by atoms with Crippen LogP contribution in [0.5, 0.6) is 0 Å². The zero-order chi connectivity index (χ0) is 10.1. The summed E-state index contributed by atoms with van der Waals surface area (Å²) in [6.45, 7) is 6.96. The number of likely N-dealkylation sites (tertiary alicyclic amines) is 1. The van der Waals surface area contributed by atoms with Gasteiger partial charge in [-0.2, -0.15) is 0 Å². The minimum atomic E-state index is -1.08. The second-order valence-corrected chi connectivity index (χ2v) is 4.41. The first-order valence-corrected chi connectivity index (χ1v) is 4.94. The molecule has 2 nitrogen and oxygen atoms in total. The van der Waals surface area contributed by atoms with E-state index in [2.05, 4.69) is 0 Å². The maximum atomic E-state index is 13.9. The second-order valence-electron chi connectivity index (χ2n) is 4.41. The van der Waals surface area contributed by atoms with E-state index in [1.165, 1.54) is 0 Å². The summed E-state index contributed by atoms with van der Waals surface area (Å²) in [7, 11) is 1.96. The quantitative estimate of drug-likeness (QED) is 0.671. The molecule has 1 aliphatic heterocycles. The van der Waals surface area contributed by atoms with E-state index in [-0.39, 0.29) is 12.1 Å². The molecule has 1 heterocycles. The Balaban J connectivity index is 2.46. The molecule has 1 fully saturated rings. The number of hydrogen-bond acceptors (Lipinski definition) is 2. The number of rotatable bonds is 3. The standard InChI is InChI=1S/C10H20FNO/c1-8(2)13-7-9-10(3,11)5-6-12(9)4/h8-9H,5-7H2,1-4H3/t9-,10-/m1/s1. The molecule has 3 heteroatoms. The van der Waals surface area contributed by atoms with E-state index in [0.29, 0.717) is 13.0 Å². The molecular weight excluding hydrogens is 169 g/mol. The van der Waals surface area contributed by atoms with Gasteiger partial charge in [-0.05, 0) is 34.2 Å². The van der Waals surface area contributed by atoms with Gasteiger partial charge in [-0.3, -0.25) is 4.90 Å². The van der Waals surface area contributed by atoms with Crippen molar-refractivity contribution in [2.45, 2.75) is 45.0 Å². The molecule has 0 bridgehead atoms. The Morgan fingerprint density at radius 1 is 1.62 bits per heavy atom. The summed E-state index contributed by atoms with van der Waals surface area (Å²) in [6.07, 6.45) is 0.806. The number of nitrogens with zero attached hydrogens (tertiary/aromatic N) is 1. The van der Waals surface area contributed by atoms with Gasteiger partial charge in [0.25, 0.3) is 0 Å². The molecule has 0 unspecified atom stereocenters. The molecule has 1 rings (SSSR count). The minimum Gasteiger partial charge on any atom is -0.377 e. The number of halogens is 1. The molecule has 0 aromatic rings. The Labute approximate surface area is 80.1 Å². The highest BCUT2D eigenvalue weighted by Gasteiger charge is 2.42. The van der Waals surface area contributed by atoms with Crippen molar-refractivity contribution >= 4 is 0 Å². The van der Waals surface area contributed by atoms with Gasteiger partial charge in [0.2, 0.25) is 0 Å². The van der Waals surface area contributed by atoms with Gasteiger partial charge >= 0.3 is 0 Å². The first-order chi connectivity index (χ1) is 5.93. The third kappa shape index (κ3) is 2.64. The molecule has 0 amide bonds. The Kier molecular flexibility index (Phi) is 3.30. The summed E-state index contributed by atoms with van der Waals surface area (Å²) < 4.78 is 19.3. The smallest absolute Gasteiger partial charge is 0.127 e. The van der Waals surface area contributed by atoms with Gasteiger partial charge in [-0.15, -0.1) is 0 Å². The van der Waals surface area contributed by atoms with Crippen LogP contribution in [0.4, 0.5) is 4.39 Å². The predicted octanol–water partition coefficient (Wildman–Crippen LogP) is 1.84. The number of ether oxygens (including phenoxy) is 1. The lowest BCUT2D eigenvalue weighted by atomic mass is 10.0. The van der Waals surface area contributed by atoms with Crippen molar-refractivity contribution in [1.82, 2.24) is 4.90 Å². The molecule has 78 valence electrons. The SMILES string of the molecule is CC(C)OC[C@H]1N(C)CC[C@@]1(C)F. The molecule has 0 spiro atoms. The lowest BCUT2D eigenvalue weighted by molar-refractivity contribution is 0.00327. The molecule has 0 N–H and O–H groups in total. The number of likely N-dealkylation sites (N-methyl/N-ethyl adjacent to an activating group) is 1. The van der Waals surface area contributed by atoms with E-state index in [1.807, 2.05) is 25.8 Å². The van der Waals surface area contributed by atoms with E-state index >= 15 is 0 Å². The minimum absolute atomic E-state index is 0.0742. The van der Waals surface area contributed by atoms with E-state index in [9.17, 15) is 4.39 Å². The van der Waals surface area contributed by atoms with Crippen molar-refractivity contribution in [3.63, 3.8) is 0 Å². The zero-order valence-corrected chi connectivity index (χ0v) is 9.01. The van der Waals surface area contributed by atoms with Crippen molar-refractivity contribution in [1.29, 1.82) is 0 Å². The average Bonchev–Trinajstić information content (AvgIpc) is 2.23. The molecule has 0 radical (unpaired) electrons. The summed E-state index contributed by atoms with van der Waals surface area (Å²) in [4.78, 5) is 2.04. The number of alkyl halides is 1. The fourth-order valence-corrected chi connectivity index (χ4v) is 1.76. The molecule has 2 atom stereocenters. The Bertz CT molecular complexity index is 170. The van der Waals surface area contributed by atoms with Crippen LogP contribution in [0.2, 0.25) is 0 Å². The van der Waals surface area contributed by atoms with Crippen LogP contribution in [-0.2, 0) is 4.74 Å². The van der Waals surface area contributed by atoms with Crippen LogP contribution in [0.1, 0.15) is 27.2 Å². The summed E-state index contributed by atoms with van der Waals surface area (Å²) in [6, 6.07) is -0.0742. The van der Waals surface area contributed by atoms with Crippen LogP contribution in [0, 0.1) is 0 Å². The molecule has 13 heavy (non-hydrogen) atoms. The molecule has 1 aliphatic rings. The van der Waals surface area contributed by atoms with Crippen molar-refractivity contribution in [2.24, 2.45) is 0 Å². The van der Waals surface area contributed by atoms with E-state index in [1.54, 1.807) is 6.92 Å². The van der Waals surface area contributed by atoms with Crippen molar-refractivity contribution in [3.05, 3.63) is 0 Å². The highest BCUT2D eigenvalue weighted by Crippen LogP contribution is 2.31. The fourth-order valence-electron chi connectivity index (χ4n) is 1.76. The van der Waals surface area contributed by atoms with Gasteiger partial charge in [-0.25, -0.2) is 4.39 Å². The molecule has 0 aliphatic carbocycles.